The number of halogens is 4. The van der Waals surface area contributed by atoms with Gasteiger partial charge in [0, 0.05) is 23.6 Å². The average molecular weight is 477 g/mol. The molecule has 5 rings (SSSR count). The van der Waals surface area contributed by atoms with Crippen LogP contribution in [0.1, 0.15) is 15.9 Å². The normalized spacial score (nSPS) is 11.5. The predicted octanol–water partition coefficient (Wildman–Crippen LogP) is 5.87. The van der Waals surface area contributed by atoms with E-state index in [-0.39, 0.29) is 5.69 Å². The first-order valence-electron chi connectivity index (χ1n) is 10.3. The van der Waals surface area contributed by atoms with Crippen LogP contribution >= 0.6 is 0 Å². The summed E-state index contributed by atoms with van der Waals surface area (Å²) in [6.45, 7) is 0. The maximum Gasteiger partial charge on any atom is 0.417 e. The Morgan fingerprint density at radius 1 is 0.943 bits per heavy atom. The molecule has 3 aromatic heterocycles. The van der Waals surface area contributed by atoms with Gasteiger partial charge in [-0.1, -0.05) is 12.1 Å². The lowest BCUT2D eigenvalue weighted by atomic mass is 10.0. The summed E-state index contributed by atoms with van der Waals surface area (Å²) in [6.07, 6.45) is -1.50. The predicted molar refractivity (Wildman–Crippen MR) is 121 cm³/mol. The Kier molecular flexibility index (Phi) is 5.48. The highest BCUT2D eigenvalue weighted by atomic mass is 19.4. The second-order valence-corrected chi connectivity index (χ2v) is 7.57. The molecule has 0 saturated heterocycles. The van der Waals surface area contributed by atoms with Crippen molar-refractivity contribution in [2.45, 2.75) is 6.18 Å². The van der Waals surface area contributed by atoms with Gasteiger partial charge in [0.25, 0.3) is 5.91 Å². The molecule has 0 fully saturated rings. The van der Waals surface area contributed by atoms with Gasteiger partial charge in [0.2, 0.25) is 0 Å². The molecule has 0 unspecified atom stereocenters. The van der Waals surface area contributed by atoms with E-state index in [1.54, 1.807) is 40.9 Å². The molecule has 6 nitrogen and oxygen atoms in total. The first kappa shape index (κ1) is 22.2. The van der Waals surface area contributed by atoms with Crippen molar-refractivity contribution in [1.29, 1.82) is 0 Å². The molecule has 1 N–H and O–H groups in total. The van der Waals surface area contributed by atoms with Crippen LogP contribution in [0.5, 0.6) is 0 Å². The van der Waals surface area contributed by atoms with Crippen LogP contribution in [0.3, 0.4) is 0 Å². The topological polar surface area (TPSA) is 72.2 Å². The number of hydrogen-bond acceptors (Lipinski definition) is 4. The number of nitrogens with one attached hydrogen (secondary N) is 1. The van der Waals surface area contributed by atoms with Crippen LogP contribution in [0, 0.1) is 5.82 Å². The quantitative estimate of drug-likeness (QED) is 0.329. The Morgan fingerprint density at radius 3 is 2.46 bits per heavy atom. The number of amides is 1. The van der Waals surface area contributed by atoms with E-state index < -0.39 is 29.0 Å². The van der Waals surface area contributed by atoms with Gasteiger partial charge in [-0.25, -0.2) is 9.37 Å². The lowest BCUT2D eigenvalue weighted by Crippen LogP contribution is -2.19. The molecule has 0 bridgehead atoms. The number of nitrogens with zero attached hydrogens (tertiary/aromatic N) is 4. The van der Waals surface area contributed by atoms with Crippen molar-refractivity contribution in [3.8, 4) is 22.8 Å². The molecular formula is C25H15F4N5O. The number of hydrogen-bond donors (Lipinski definition) is 1. The summed E-state index contributed by atoms with van der Waals surface area (Å²) in [5.41, 5.74) is 0.235. The van der Waals surface area contributed by atoms with E-state index in [9.17, 15) is 22.4 Å². The highest BCUT2D eigenvalue weighted by Gasteiger charge is 2.35. The molecule has 0 radical (unpaired) electrons. The molecule has 174 valence electrons. The fourth-order valence-corrected chi connectivity index (χ4v) is 3.71. The van der Waals surface area contributed by atoms with Crippen LogP contribution in [0.25, 0.3) is 28.3 Å². The Morgan fingerprint density at radius 2 is 1.74 bits per heavy atom. The summed E-state index contributed by atoms with van der Waals surface area (Å²) in [7, 11) is 0. The molecule has 0 aliphatic rings. The third kappa shape index (κ3) is 4.33. The van der Waals surface area contributed by atoms with Crippen molar-refractivity contribution in [3.63, 3.8) is 0 Å². The number of fused-ring (bicyclic) bond motifs is 1. The molecule has 3 heterocycles. The van der Waals surface area contributed by atoms with Gasteiger partial charge in [-0.2, -0.15) is 18.3 Å². The Balaban J connectivity index is 1.64. The van der Waals surface area contributed by atoms with Crippen LogP contribution in [-0.4, -0.2) is 25.5 Å². The third-order valence-corrected chi connectivity index (χ3v) is 5.29. The number of anilines is 1. The summed E-state index contributed by atoms with van der Waals surface area (Å²) in [5.74, 6) is -1.07. The minimum Gasteiger partial charge on any atom is -0.322 e. The van der Waals surface area contributed by atoms with Crippen LogP contribution < -0.4 is 5.32 Å². The number of imidazole rings is 1. The second kappa shape index (κ2) is 8.64. The lowest BCUT2D eigenvalue weighted by molar-refractivity contribution is -0.137. The summed E-state index contributed by atoms with van der Waals surface area (Å²) in [6, 6.07) is 16.7. The van der Waals surface area contributed by atoms with Gasteiger partial charge in [-0.3, -0.25) is 9.20 Å². The zero-order valence-corrected chi connectivity index (χ0v) is 17.8. The number of rotatable bonds is 4. The molecule has 35 heavy (non-hydrogen) atoms. The molecule has 0 aliphatic heterocycles. The van der Waals surface area contributed by atoms with Crippen LogP contribution in [0.4, 0.5) is 23.2 Å². The monoisotopic (exact) mass is 477 g/mol. The Bertz CT molecular complexity index is 1530. The number of carbonyl (C=O) groups is 1. The zero-order chi connectivity index (χ0) is 24.6. The van der Waals surface area contributed by atoms with Gasteiger partial charge in [-0.15, -0.1) is 5.10 Å². The Labute approximate surface area is 195 Å². The lowest BCUT2D eigenvalue weighted by Gasteiger charge is -2.14. The Hall–Kier alpha value is -4.60. The van der Waals surface area contributed by atoms with Crippen molar-refractivity contribution in [2.24, 2.45) is 0 Å². The van der Waals surface area contributed by atoms with Crippen molar-refractivity contribution >= 4 is 17.1 Å². The molecule has 5 aromatic rings. The maximum atomic E-state index is 13.7. The fraction of sp³-hybridized carbons (Fsp3) is 0.0400. The highest BCUT2D eigenvalue weighted by molar-refractivity contribution is 6.06. The van der Waals surface area contributed by atoms with Crippen molar-refractivity contribution in [1.82, 2.24) is 19.6 Å². The molecule has 10 heteroatoms. The van der Waals surface area contributed by atoms with E-state index in [1.165, 1.54) is 24.4 Å². The van der Waals surface area contributed by atoms with E-state index in [0.717, 1.165) is 24.3 Å². The second-order valence-electron chi connectivity index (χ2n) is 7.57. The highest BCUT2D eigenvalue weighted by Crippen LogP contribution is 2.36. The van der Waals surface area contributed by atoms with Gasteiger partial charge >= 0.3 is 6.18 Å². The number of alkyl halides is 3. The van der Waals surface area contributed by atoms with E-state index in [4.69, 9.17) is 0 Å². The summed E-state index contributed by atoms with van der Waals surface area (Å²) in [4.78, 5) is 17.5. The molecule has 0 spiro atoms. The molecule has 1 amide bonds. The molecule has 0 saturated carbocycles. The maximum absolute atomic E-state index is 13.7. The summed E-state index contributed by atoms with van der Waals surface area (Å²) < 4.78 is 56.2. The van der Waals surface area contributed by atoms with E-state index in [0.29, 0.717) is 28.3 Å². The molecule has 2 aromatic carbocycles. The van der Waals surface area contributed by atoms with Gasteiger partial charge in [0.1, 0.15) is 11.5 Å². The van der Waals surface area contributed by atoms with Crippen molar-refractivity contribution in [3.05, 3.63) is 102 Å². The van der Waals surface area contributed by atoms with Gasteiger partial charge in [0.05, 0.1) is 22.3 Å². The minimum absolute atomic E-state index is 0.160. The third-order valence-electron chi connectivity index (χ3n) is 5.29. The van der Waals surface area contributed by atoms with Crippen LogP contribution in [0.15, 0.2) is 85.2 Å². The summed E-state index contributed by atoms with van der Waals surface area (Å²) >= 11 is 0. The van der Waals surface area contributed by atoms with Gasteiger partial charge in [0.15, 0.2) is 5.82 Å². The van der Waals surface area contributed by atoms with E-state index >= 15 is 0 Å². The van der Waals surface area contributed by atoms with Crippen LogP contribution in [0.2, 0.25) is 0 Å². The summed E-state index contributed by atoms with van der Waals surface area (Å²) in [5, 5.41) is 10.3. The molecular weight excluding hydrogens is 462 g/mol. The number of pyridine rings is 1. The fourth-order valence-electron chi connectivity index (χ4n) is 3.71. The standard InChI is InChI=1S/C25H15F4N5O/c26-16-7-9-17(10-8-16)31-24(35)18-14-15(6-11-19(18)25(27,28)29)22-21-5-1-2-13-34(21)23(32-22)20-4-3-12-30-33-20/h1-14H,(H,31,35). The van der Waals surface area contributed by atoms with E-state index in [1.807, 2.05) is 0 Å². The largest absolute Gasteiger partial charge is 0.417 e. The van der Waals surface area contributed by atoms with Crippen LogP contribution in [-0.2, 0) is 6.18 Å². The van der Waals surface area contributed by atoms with E-state index in [2.05, 4.69) is 20.5 Å². The molecule has 0 aliphatic carbocycles. The van der Waals surface area contributed by atoms with Gasteiger partial charge in [-0.05, 0) is 60.7 Å². The molecule has 0 atom stereocenters. The first-order chi connectivity index (χ1) is 16.8. The zero-order valence-electron chi connectivity index (χ0n) is 17.8. The number of aromatic nitrogens is 4. The minimum atomic E-state index is -4.77. The SMILES string of the molecule is O=C(Nc1ccc(F)cc1)c1cc(-c2nc(-c3cccnn3)n3ccccc23)ccc1C(F)(F)F. The first-order valence-corrected chi connectivity index (χ1v) is 10.3. The van der Waals surface area contributed by atoms with Crippen molar-refractivity contribution in [2.75, 3.05) is 5.32 Å². The average Bonchev–Trinajstić information content (AvgIpc) is 3.25. The number of benzene rings is 2. The van der Waals surface area contributed by atoms with Crippen molar-refractivity contribution < 1.29 is 22.4 Å². The van der Waals surface area contributed by atoms with Gasteiger partial charge < -0.3 is 5.32 Å². The number of carbonyl (C=O) groups excluding carboxylic acids is 1. The smallest absolute Gasteiger partial charge is 0.322 e.